The van der Waals surface area contributed by atoms with Gasteiger partial charge in [-0.1, -0.05) is 13.8 Å². The van der Waals surface area contributed by atoms with Gasteiger partial charge in [0.25, 0.3) is 0 Å². The topological polar surface area (TPSA) is 71.1 Å². The maximum absolute atomic E-state index is 12.3. The Balaban J connectivity index is 1.87. The molecular formula is C22H26O6. The summed E-state index contributed by atoms with van der Waals surface area (Å²) in [6.45, 7) is 5.44. The van der Waals surface area contributed by atoms with Gasteiger partial charge in [-0.05, 0) is 60.9 Å². The standard InChI is InChI=1S/C22H26O6/c1-16(2)12-13-26-19-8-4-18(5-9-19)22(24)28-20-10-6-17(7-11-20)21(23)27-15-14-25-3/h4-11,16H,12-15H2,1-3H3. The average molecular weight is 386 g/mol. The van der Waals surface area contributed by atoms with Crippen LogP contribution in [0.2, 0.25) is 0 Å². The number of ether oxygens (including phenoxy) is 4. The highest BCUT2D eigenvalue weighted by Gasteiger charge is 2.11. The Hall–Kier alpha value is -2.86. The molecule has 150 valence electrons. The van der Waals surface area contributed by atoms with Crippen LogP contribution in [0.25, 0.3) is 0 Å². The molecule has 0 atom stereocenters. The summed E-state index contributed by atoms with van der Waals surface area (Å²) in [4.78, 5) is 24.1. The number of carbonyl (C=O) groups is 2. The second-order valence-corrected chi connectivity index (χ2v) is 6.60. The van der Waals surface area contributed by atoms with Crippen molar-refractivity contribution in [1.29, 1.82) is 0 Å². The zero-order valence-corrected chi connectivity index (χ0v) is 16.5. The lowest BCUT2D eigenvalue weighted by Gasteiger charge is -2.09. The van der Waals surface area contributed by atoms with Gasteiger partial charge in [-0.25, -0.2) is 9.59 Å². The quantitative estimate of drug-likeness (QED) is 0.347. The summed E-state index contributed by atoms with van der Waals surface area (Å²) in [5.41, 5.74) is 0.790. The third-order valence-electron chi connectivity index (χ3n) is 3.88. The summed E-state index contributed by atoms with van der Waals surface area (Å²) < 4.78 is 20.8. The Morgan fingerprint density at radius 1 is 0.786 bits per heavy atom. The van der Waals surface area contributed by atoms with Crippen molar-refractivity contribution in [3.05, 3.63) is 59.7 Å². The number of carbonyl (C=O) groups excluding carboxylic acids is 2. The Morgan fingerprint density at radius 3 is 1.93 bits per heavy atom. The molecule has 0 bridgehead atoms. The van der Waals surface area contributed by atoms with E-state index in [1.54, 1.807) is 48.5 Å². The third kappa shape index (κ3) is 7.04. The molecule has 0 fully saturated rings. The first kappa shape index (κ1) is 21.4. The van der Waals surface area contributed by atoms with Crippen molar-refractivity contribution in [2.75, 3.05) is 26.9 Å². The normalized spacial score (nSPS) is 10.6. The first-order chi connectivity index (χ1) is 13.5. The maximum Gasteiger partial charge on any atom is 0.343 e. The molecule has 6 heteroatoms. The molecule has 0 unspecified atom stereocenters. The second-order valence-electron chi connectivity index (χ2n) is 6.60. The molecule has 0 aliphatic carbocycles. The number of rotatable bonds is 10. The zero-order chi connectivity index (χ0) is 20.4. The Bertz CT molecular complexity index is 750. The van der Waals surface area contributed by atoms with Gasteiger partial charge in [0.05, 0.1) is 24.3 Å². The number of esters is 2. The van der Waals surface area contributed by atoms with E-state index < -0.39 is 11.9 Å². The number of hydrogen-bond acceptors (Lipinski definition) is 6. The van der Waals surface area contributed by atoms with E-state index in [4.69, 9.17) is 18.9 Å². The first-order valence-corrected chi connectivity index (χ1v) is 9.20. The minimum atomic E-state index is -0.482. The predicted octanol–water partition coefficient (Wildman–Crippen LogP) is 4.13. The van der Waals surface area contributed by atoms with Gasteiger partial charge in [-0.3, -0.25) is 0 Å². The molecule has 0 heterocycles. The first-order valence-electron chi connectivity index (χ1n) is 9.20. The van der Waals surface area contributed by atoms with E-state index in [2.05, 4.69) is 13.8 Å². The van der Waals surface area contributed by atoms with Gasteiger partial charge in [0.15, 0.2) is 0 Å². The Morgan fingerprint density at radius 2 is 1.36 bits per heavy atom. The summed E-state index contributed by atoms with van der Waals surface area (Å²) in [7, 11) is 1.53. The van der Waals surface area contributed by atoms with Crippen molar-refractivity contribution >= 4 is 11.9 Å². The lowest BCUT2D eigenvalue weighted by atomic mass is 10.1. The Kier molecular flexibility index (Phi) is 8.49. The molecule has 0 saturated heterocycles. The van der Waals surface area contributed by atoms with E-state index in [0.717, 1.165) is 6.42 Å². The van der Waals surface area contributed by atoms with Crippen LogP contribution in [-0.4, -0.2) is 38.9 Å². The van der Waals surface area contributed by atoms with Crippen molar-refractivity contribution in [1.82, 2.24) is 0 Å². The van der Waals surface area contributed by atoms with E-state index in [-0.39, 0.29) is 6.61 Å². The molecule has 0 N–H and O–H groups in total. The van der Waals surface area contributed by atoms with E-state index in [9.17, 15) is 9.59 Å². The van der Waals surface area contributed by atoms with Crippen LogP contribution in [0.15, 0.2) is 48.5 Å². The van der Waals surface area contributed by atoms with Crippen molar-refractivity contribution in [3.8, 4) is 11.5 Å². The summed E-state index contributed by atoms with van der Waals surface area (Å²) in [5, 5.41) is 0. The van der Waals surface area contributed by atoms with Gasteiger partial charge in [-0.15, -0.1) is 0 Å². The molecule has 0 radical (unpaired) electrons. The van der Waals surface area contributed by atoms with Crippen LogP contribution in [0.5, 0.6) is 11.5 Å². The molecule has 0 saturated carbocycles. The van der Waals surface area contributed by atoms with Crippen molar-refractivity contribution in [3.63, 3.8) is 0 Å². The molecule has 0 aromatic heterocycles. The fraction of sp³-hybridized carbons (Fsp3) is 0.364. The van der Waals surface area contributed by atoms with Crippen LogP contribution in [-0.2, 0) is 9.47 Å². The average Bonchev–Trinajstić information content (AvgIpc) is 2.69. The van der Waals surface area contributed by atoms with Crippen LogP contribution in [0.1, 0.15) is 41.0 Å². The molecule has 2 aromatic rings. The van der Waals surface area contributed by atoms with Gasteiger partial charge in [0.1, 0.15) is 18.1 Å². The summed E-state index contributed by atoms with van der Waals surface area (Å²) in [6, 6.07) is 13.0. The summed E-state index contributed by atoms with van der Waals surface area (Å²) >= 11 is 0. The molecule has 6 nitrogen and oxygen atoms in total. The molecule has 2 aromatic carbocycles. The van der Waals surface area contributed by atoms with Crippen molar-refractivity contribution in [2.24, 2.45) is 5.92 Å². The molecule has 0 amide bonds. The minimum absolute atomic E-state index is 0.184. The SMILES string of the molecule is COCCOC(=O)c1ccc(OC(=O)c2ccc(OCCC(C)C)cc2)cc1. The van der Waals surface area contributed by atoms with E-state index in [1.165, 1.54) is 7.11 Å². The smallest absolute Gasteiger partial charge is 0.343 e. The lowest BCUT2D eigenvalue weighted by Crippen LogP contribution is -2.11. The molecule has 28 heavy (non-hydrogen) atoms. The van der Waals surface area contributed by atoms with Gasteiger partial charge >= 0.3 is 11.9 Å². The second kappa shape index (κ2) is 11.1. The van der Waals surface area contributed by atoms with E-state index in [1.807, 2.05) is 0 Å². The highest BCUT2D eigenvalue weighted by atomic mass is 16.6. The summed E-state index contributed by atoms with van der Waals surface area (Å²) in [5.74, 6) is 0.698. The van der Waals surface area contributed by atoms with Gasteiger partial charge < -0.3 is 18.9 Å². The molecular weight excluding hydrogens is 360 g/mol. The van der Waals surface area contributed by atoms with Gasteiger partial charge in [0.2, 0.25) is 0 Å². The fourth-order valence-electron chi connectivity index (χ4n) is 2.23. The van der Waals surface area contributed by atoms with Crippen LogP contribution < -0.4 is 9.47 Å². The molecule has 0 aliphatic rings. The molecule has 2 rings (SSSR count). The van der Waals surface area contributed by atoms with E-state index in [0.29, 0.717) is 41.8 Å². The van der Waals surface area contributed by atoms with E-state index >= 15 is 0 Å². The van der Waals surface area contributed by atoms with Crippen LogP contribution in [0.4, 0.5) is 0 Å². The predicted molar refractivity (Wildman–Crippen MR) is 105 cm³/mol. The highest BCUT2D eigenvalue weighted by molar-refractivity contribution is 5.92. The summed E-state index contributed by atoms with van der Waals surface area (Å²) in [6.07, 6.45) is 0.972. The van der Waals surface area contributed by atoms with Gasteiger partial charge in [0, 0.05) is 7.11 Å². The molecule has 0 aliphatic heterocycles. The lowest BCUT2D eigenvalue weighted by molar-refractivity contribution is 0.0388. The largest absolute Gasteiger partial charge is 0.494 e. The van der Waals surface area contributed by atoms with Crippen LogP contribution in [0.3, 0.4) is 0 Å². The molecule has 0 spiro atoms. The number of benzene rings is 2. The van der Waals surface area contributed by atoms with Crippen molar-refractivity contribution < 1.29 is 28.5 Å². The highest BCUT2D eigenvalue weighted by Crippen LogP contribution is 2.17. The number of hydrogen-bond donors (Lipinski definition) is 0. The number of methoxy groups -OCH3 is 1. The zero-order valence-electron chi connectivity index (χ0n) is 16.5. The third-order valence-corrected chi connectivity index (χ3v) is 3.88. The Labute approximate surface area is 165 Å². The van der Waals surface area contributed by atoms with Crippen LogP contribution >= 0.6 is 0 Å². The van der Waals surface area contributed by atoms with Crippen molar-refractivity contribution in [2.45, 2.75) is 20.3 Å². The fourth-order valence-corrected chi connectivity index (χ4v) is 2.23. The monoisotopic (exact) mass is 386 g/mol. The minimum Gasteiger partial charge on any atom is -0.494 e. The van der Waals surface area contributed by atoms with Gasteiger partial charge in [-0.2, -0.15) is 0 Å². The van der Waals surface area contributed by atoms with Crippen LogP contribution in [0, 0.1) is 5.92 Å². The maximum atomic E-state index is 12.3.